The summed E-state index contributed by atoms with van der Waals surface area (Å²) in [7, 11) is 1.33. The highest BCUT2D eigenvalue weighted by molar-refractivity contribution is 7.99. The minimum absolute atomic E-state index is 0.517. The van der Waals surface area contributed by atoms with E-state index in [-0.39, 0.29) is 0 Å². The smallest absolute Gasteiger partial charge is 0.426 e. The van der Waals surface area contributed by atoms with Crippen LogP contribution in [0, 0.1) is 0 Å². The van der Waals surface area contributed by atoms with Gasteiger partial charge in [0.2, 0.25) is 0 Å². The molecule has 7 heteroatoms. The normalized spacial score (nSPS) is 11.1. The van der Waals surface area contributed by atoms with Gasteiger partial charge in [-0.25, -0.2) is 19.9 Å². The summed E-state index contributed by atoms with van der Waals surface area (Å²) in [4.78, 5) is 19.2. The van der Waals surface area contributed by atoms with Crippen molar-refractivity contribution in [1.82, 2.24) is 14.6 Å². The van der Waals surface area contributed by atoms with E-state index in [4.69, 9.17) is 0 Å². The number of benzene rings is 1. The monoisotopic (exact) mass is 322 g/mol. The number of carbonyl (C=O) groups excluding carboxylic acids is 1. The fourth-order valence-electron chi connectivity index (χ4n) is 2.15. The first kappa shape index (κ1) is 16.6. The Labute approximate surface area is 134 Å². The zero-order valence-electron chi connectivity index (χ0n) is 13.2. The number of amides is 1. The Morgan fingerprint density at radius 3 is 2.86 bits per heavy atom. The van der Waals surface area contributed by atoms with Gasteiger partial charge in [-0.15, -0.1) is 11.8 Å². The van der Waals surface area contributed by atoms with E-state index in [0.717, 1.165) is 36.4 Å². The van der Waals surface area contributed by atoms with E-state index < -0.39 is 6.09 Å². The molecule has 0 aliphatic carbocycles. The lowest BCUT2D eigenvalue weighted by molar-refractivity contribution is 0.183. The molecule has 0 spiro atoms. The van der Waals surface area contributed by atoms with Gasteiger partial charge in [0.05, 0.1) is 18.1 Å². The Bertz CT molecular complexity index is 625. The van der Waals surface area contributed by atoms with Crippen LogP contribution < -0.4 is 5.43 Å². The third kappa shape index (κ3) is 4.14. The third-order valence-corrected chi connectivity index (χ3v) is 4.46. The molecule has 1 N–H and O–H groups in total. The Balaban J connectivity index is 2.01. The highest BCUT2D eigenvalue weighted by Gasteiger charge is 2.07. The van der Waals surface area contributed by atoms with Crippen LogP contribution >= 0.6 is 11.8 Å². The molecule has 0 unspecified atom stereocenters. The number of rotatable bonds is 7. The number of hydrogen-bond acceptors (Lipinski definition) is 5. The van der Waals surface area contributed by atoms with Crippen LogP contribution in [0.25, 0.3) is 11.0 Å². The first-order valence-corrected chi connectivity index (χ1v) is 8.33. The fourth-order valence-corrected chi connectivity index (χ4v) is 3.09. The highest BCUT2D eigenvalue weighted by Crippen LogP contribution is 2.22. The van der Waals surface area contributed by atoms with Gasteiger partial charge in [0, 0.05) is 17.2 Å². The van der Waals surface area contributed by atoms with Crippen LogP contribution in [0.2, 0.25) is 0 Å². The molecule has 1 aromatic carbocycles. The summed E-state index contributed by atoms with van der Waals surface area (Å²) in [5.41, 5.74) is 4.28. The summed E-state index contributed by atoms with van der Waals surface area (Å²) in [5, 5.41) is 0. The van der Waals surface area contributed by atoms with Crippen LogP contribution in [0.3, 0.4) is 0 Å². The van der Waals surface area contributed by atoms with Crippen LogP contribution in [0.4, 0.5) is 4.79 Å². The fraction of sp³-hybridized carbons (Fsp3) is 0.467. The maximum absolute atomic E-state index is 11.3. The lowest BCUT2D eigenvalue weighted by Gasteiger charge is -2.17. The first-order valence-electron chi connectivity index (χ1n) is 7.35. The molecule has 0 aliphatic rings. The molecule has 2 aromatic rings. The van der Waals surface area contributed by atoms with Gasteiger partial charge in [0.25, 0.3) is 0 Å². The van der Waals surface area contributed by atoms with Crippen molar-refractivity contribution in [3.63, 3.8) is 0 Å². The summed E-state index contributed by atoms with van der Waals surface area (Å²) in [6.45, 7) is 7.61. The van der Waals surface area contributed by atoms with Gasteiger partial charge in [-0.1, -0.05) is 13.8 Å². The third-order valence-electron chi connectivity index (χ3n) is 3.49. The van der Waals surface area contributed by atoms with E-state index >= 15 is 0 Å². The van der Waals surface area contributed by atoms with Gasteiger partial charge < -0.3 is 9.64 Å². The minimum atomic E-state index is -0.517. The molecule has 120 valence electrons. The molecule has 0 atom stereocenters. The first-order chi connectivity index (χ1) is 10.7. The number of imidazole rings is 1. The van der Waals surface area contributed by atoms with Crippen LogP contribution in [-0.4, -0.2) is 53.2 Å². The number of fused-ring (bicyclic) bond motifs is 1. The maximum atomic E-state index is 11.3. The molecule has 0 fully saturated rings. The second kappa shape index (κ2) is 8.05. The van der Waals surface area contributed by atoms with Crippen molar-refractivity contribution in [3.05, 3.63) is 24.5 Å². The second-order valence-electron chi connectivity index (χ2n) is 4.74. The van der Waals surface area contributed by atoms with Gasteiger partial charge in [-0.3, -0.25) is 0 Å². The van der Waals surface area contributed by atoms with Crippen molar-refractivity contribution >= 4 is 28.9 Å². The van der Waals surface area contributed by atoms with Crippen molar-refractivity contribution < 1.29 is 9.53 Å². The van der Waals surface area contributed by atoms with Crippen molar-refractivity contribution in [2.75, 3.05) is 37.9 Å². The quantitative estimate of drug-likeness (QED) is 0.794. The van der Waals surface area contributed by atoms with Gasteiger partial charge in [-0.2, -0.15) is 0 Å². The minimum Gasteiger partial charge on any atom is -0.452 e. The Hall–Kier alpha value is -1.73. The molecule has 6 nitrogen and oxygen atoms in total. The van der Waals surface area contributed by atoms with E-state index in [1.54, 1.807) is 11.0 Å². The molecule has 1 amide bonds. The van der Waals surface area contributed by atoms with Crippen LogP contribution in [-0.2, 0) is 4.74 Å². The summed E-state index contributed by atoms with van der Waals surface area (Å²) >= 11 is 1.82. The molecular formula is C15H22N4O2S. The molecule has 0 saturated carbocycles. The van der Waals surface area contributed by atoms with Crippen LogP contribution in [0.1, 0.15) is 13.8 Å². The average molecular weight is 322 g/mol. The van der Waals surface area contributed by atoms with Gasteiger partial charge in [0.1, 0.15) is 6.33 Å². The Morgan fingerprint density at radius 1 is 1.41 bits per heavy atom. The highest BCUT2D eigenvalue weighted by atomic mass is 32.2. The lowest BCUT2D eigenvalue weighted by Crippen LogP contribution is -2.25. The van der Waals surface area contributed by atoms with Crippen molar-refractivity contribution in [2.45, 2.75) is 18.7 Å². The van der Waals surface area contributed by atoms with Crippen molar-refractivity contribution in [2.24, 2.45) is 0 Å². The van der Waals surface area contributed by atoms with Crippen LogP contribution in [0.5, 0.6) is 0 Å². The molecule has 0 radical (unpaired) electrons. The van der Waals surface area contributed by atoms with Gasteiger partial charge in [-0.05, 0) is 31.3 Å². The summed E-state index contributed by atoms with van der Waals surface area (Å²) in [6, 6.07) is 6.04. The number of thioether (sulfide) groups is 1. The zero-order chi connectivity index (χ0) is 15.9. The number of carbonyl (C=O) groups is 1. The van der Waals surface area contributed by atoms with E-state index in [0.29, 0.717) is 0 Å². The molecule has 0 bridgehead atoms. The topological polar surface area (TPSA) is 59.4 Å². The van der Waals surface area contributed by atoms with E-state index in [1.807, 2.05) is 30.0 Å². The lowest BCUT2D eigenvalue weighted by atomic mass is 10.3. The van der Waals surface area contributed by atoms with Crippen molar-refractivity contribution in [1.29, 1.82) is 0 Å². The largest absolute Gasteiger partial charge is 0.452 e. The number of ether oxygens (including phenoxy) is 1. The molecule has 2 rings (SSSR count). The molecule has 1 heterocycles. The number of nitrogens with zero attached hydrogens (tertiary/aromatic N) is 3. The number of nitrogens with one attached hydrogen (secondary N) is 1. The number of hydrogen-bond donors (Lipinski definition) is 1. The summed E-state index contributed by atoms with van der Waals surface area (Å²) in [5.74, 6) is 1.05. The molecule has 22 heavy (non-hydrogen) atoms. The predicted molar refractivity (Wildman–Crippen MR) is 90.0 cm³/mol. The zero-order valence-corrected chi connectivity index (χ0v) is 14.0. The summed E-state index contributed by atoms with van der Waals surface area (Å²) in [6.07, 6.45) is 1.06. The Kier molecular flexibility index (Phi) is 6.09. The SMILES string of the molecule is CCN(CC)CCSc1ccc2c(c1)ncn2NC(=O)OC. The van der Waals surface area contributed by atoms with Gasteiger partial charge in [0.15, 0.2) is 0 Å². The van der Waals surface area contributed by atoms with E-state index in [9.17, 15) is 4.79 Å². The molecule has 0 saturated heterocycles. The maximum Gasteiger partial charge on any atom is 0.426 e. The van der Waals surface area contributed by atoms with Gasteiger partial charge >= 0.3 is 6.09 Å². The Morgan fingerprint density at radius 2 is 2.18 bits per heavy atom. The van der Waals surface area contributed by atoms with E-state index in [1.165, 1.54) is 12.0 Å². The average Bonchev–Trinajstić information content (AvgIpc) is 2.93. The molecular weight excluding hydrogens is 300 g/mol. The number of methoxy groups -OCH3 is 1. The second-order valence-corrected chi connectivity index (χ2v) is 5.91. The predicted octanol–water partition coefficient (Wildman–Crippen LogP) is 2.78. The van der Waals surface area contributed by atoms with Crippen LogP contribution in [0.15, 0.2) is 29.4 Å². The number of aromatic nitrogens is 2. The van der Waals surface area contributed by atoms with E-state index in [2.05, 4.69) is 33.9 Å². The molecule has 1 aromatic heterocycles. The standard InChI is InChI=1S/C15H22N4O2S/c1-4-18(5-2)8-9-22-12-6-7-14-13(10-12)16-11-19(14)17-15(20)21-3/h6-7,10-11H,4-5,8-9H2,1-3H3,(H,17,20). The van der Waals surface area contributed by atoms with Crippen molar-refractivity contribution in [3.8, 4) is 0 Å². The molecule has 0 aliphatic heterocycles. The summed E-state index contributed by atoms with van der Waals surface area (Å²) < 4.78 is 6.15.